The summed E-state index contributed by atoms with van der Waals surface area (Å²) in [7, 11) is 0. The first-order valence-electron chi connectivity index (χ1n) is 5.68. The molecular formula is C11H17NO3. The van der Waals surface area contributed by atoms with Gasteiger partial charge < -0.3 is 10.1 Å². The molecule has 2 fully saturated rings. The van der Waals surface area contributed by atoms with Crippen molar-refractivity contribution < 1.29 is 14.3 Å². The van der Waals surface area contributed by atoms with Gasteiger partial charge in [-0.25, -0.2) is 4.79 Å². The van der Waals surface area contributed by atoms with Crippen LogP contribution in [-0.2, 0) is 14.3 Å². The highest BCUT2D eigenvalue weighted by molar-refractivity contribution is 6.32. The molecule has 0 saturated heterocycles. The lowest BCUT2D eigenvalue weighted by molar-refractivity contribution is -0.155. The molecule has 15 heavy (non-hydrogen) atoms. The zero-order valence-corrected chi connectivity index (χ0v) is 8.99. The van der Waals surface area contributed by atoms with Gasteiger partial charge in [0.15, 0.2) is 0 Å². The summed E-state index contributed by atoms with van der Waals surface area (Å²) in [5.41, 5.74) is 0. The molecule has 2 aliphatic carbocycles. The average molecular weight is 211 g/mol. The maximum absolute atomic E-state index is 11.4. The third kappa shape index (κ3) is 2.13. The summed E-state index contributed by atoms with van der Waals surface area (Å²) in [5.74, 6) is 0.0329. The Labute approximate surface area is 89.4 Å². The zero-order valence-electron chi connectivity index (χ0n) is 8.99. The minimum absolute atomic E-state index is 0.209. The van der Waals surface area contributed by atoms with Gasteiger partial charge in [-0.3, -0.25) is 4.79 Å². The van der Waals surface area contributed by atoms with Crippen LogP contribution in [0.3, 0.4) is 0 Å². The van der Waals surface area contributed by atoms with Crippen molar-refractivity contribution in [2.75, 3.05) is 6.61 Å². The first-order chi connectivity index (χ1) is 7.20. The number of hydrogen-bond donors (Lipinski definition) is 1. The quantitative estimate of drug-likeness (QED) is 0.544. The smallest absolute Gasteiger partial charge is 0.396 e. The van der Waals surface area contributed by atoms with E-state index in [1.807, 2.05) is 0 Å². The van der Waals surface area contributed by atoms with Gasteiger partial charge in [0.2, 0.25) is 0 Å². The second-order valence-corrected chi connectivity index (χ2v) is 4.48. The Kier molecular flexibility index (Phi) is 2.93. The Balaban J connectivity index is 1.82. The second kappa shape index (κ2) is 4.21. The number of carbonyl (C=O) groups is 2. The van der Waals surface area contributed by atoms with Crippen molar-refractivity contribution in [1.29, 1.82) is 0 Å². The van der Waals surface area contributed by atoms with Crippen LogP contribution < -0.4 is 5.32 Å². The van der Waals surface area contributed by atoms with E-state index in [0.717, 1.165) is 12.3 Å². The number of esters is 1. The van der Waals surface area contributed by atoms with Crippen LogP contribution in [0.15, 0.2) is 0 Å². The molecule has 0 aromatic rings. The van der Waals surface area contributed by atoms with Crippen LogP contribution in [0.25, 0.3) is 0 Å². The zero-order chi connectivity index (χ0) is 10.8. The first-order valence-corrected chi connectivity index (χ1v) is 5.68. The fourth-order valence-electron chi connectivity index (χ4n) is 2.85. The lowest BCUT2D eigenvalue weighted by atomic mass is 9.95. The van der Waals surface area contributed by atoms with E-state index in [-0.39, 0.29) is 12.6 Å². The number of fused-ring (bicyclic) bond motifs is 2. The van der Waals surface area contributed by atoms with Crippen LogP contribution in [0.5, 0.6) is 0 Å². The van der Waals surface area contributed by atoms with Crippen molar-refractivity contribution in [1.82, 2.24) is 5.32 Å². The summed E-state index contributed by atoms with van der Waals surface area (Å²) < 4.78 is 4.64. The molecule has 1 amide bonds. The van der Waals surface area contributed by atoms with Crippen LogP contribution in [0.1, 0.15) is 32.6 Å². The standard InChI is InChI=1S/C11H17NO3/c1-2-15-11(14)10(13)12-9-6-7-3-4-8(9)5-7/h7-9H,2-6H2,1H3,(H,12,13). The molecule has 0 aromatic heterocycles. The van der Waals surface area contributed by atoms with Crippen LogP contribution in [-0.4, -0.2) is 24.5 Å². The average Bonchev–Trinajstić information content (AvgIpc) is 2.79. The highest BCUT2D eigenvalue weighted by Crippen LogP contribution is 2.44. The van der Waals surface area contributed by atoms with Crippen molar-refractivity contribution in [3.8, 4) is 0 Å². The van der Waals surface area contributed by atoms with E-state index in [9.17, 15) is 9.59 Å². The van der Waals surface area contributed by atoms with Crippen LogP contribution >= 0.6 is 0 Å². The van der Waals surface area contributed by atoms with Gasteiger partial charge in [-0.1, -0.05) is 6.42 Å². The molecule has 84 valence electrons. The van der Waals surface area contributed by atoms with Crippen molar-refractivity contribution in [2.24, 2.45) is 11.8 Å². The minimum atomic E-state index is -0.750. The SMILES string of the molecule is CCOC(=O)C(=O)NC1CC2CCC1C2. The van der Waals surface area contributed by atoms with Gasteiger partial charge in [-0.15, -0.1) is 0 Å². The van der Waals surface area contributed by atoms with Crippen molar-refractivity contribution in [2.45, 2.75) is 38.6 Å². The van der Waals surface area contributed by atoms with Gasteiger partial charge in [0.1, 0.15) is 0 Å². The molecule has 3 atom stereocenters. The Morgan fingerprint density at radius 2 is 2.13 bits per heavy atom. The Morgan fingerprint density at radius 1 is 1.33 bits per heavy atom. The highest BCUT2D eigenvalue weighted by Gasteiger charge is 2.40. The third-order valence-corrected chi connectivity index (χ3v) is 3.52. The van der Waals surface area contributed by atoms with E-state index >= 15 is 0 Å². The topological polar surface area (TPSA) is 55.4 Å². The van der Waals surface area contributed by atoms with Gasteiger partial charge in [0, 0.05) is 6.04 Å². The summed E-state index contributed by atoms with van der Waals surface area (Å²) >= 11 is 0. The normalized spacial score (nSPS) is 32.7. The summed E-state index contributed by atoms with van der Waals surface area (Å²) in [6.45, 7) is 1.95. The predicted molar refractivity (Wildman–Crippen MR) is 54.0 cm³/mol. The van der Waals surface area contributed by atoms with E-state index in [1.165, 1.54) is 19.3 Å². The largest absolute Gasteiger partial charge is 0.459 e. The van der Waals surface area contributed by atoms with E-state index in [2.05, 4.69) is 10.1 Å². The predicted octanol–water partition coefficient (Wildman–Crippen LogP) is 0.854. The summed E-state index contributed by atoms with van der Waals surface area (Å²) in [4.78, 5) is 22.5. The third-order valence-electron chi connectivity index (χ3n) is 3.52. The van der Waals surface area contributed by atoms with Crippen molar-refractivity contribution in [3.05, 3.63) is 0 Å². The Hall–Kier alpha value is -1.06. The molecule has 0 spiro atoms. The molecule has 0 radical (unpaired) electrons. The van der Waals surface area contributed by atoms with Crippen molar-refractivity contribution >= 4 is 11.9 Å². The fourth-order valence-corrected chi connectivity index (χ4v) is 2.85. The molecule has 3 unspecified atom stereocenters. The molecule has 1 N–H and O–H groups in total. The van der Waals surface area contributed by atoms with Crippen molar-refractivity contribution in [3.63, 3.8) is 0 Å². The van der Waals surface area contributed by atoms with Crippen LogP contribution in [0.2, 0.25) is 0 Å². The summed E-state index contributed by atoms with van der Waals surface area (Å²) in [6, 6.07) is 0.209. The van der Waals surface area contributed by atoms with Gasteiger partial charge in [-0.05, 0) is 38.0 Å². The maximum Gasteiger partial charge on any atom is 0.396 e. The van der Waals surface area contributed by atoms with E-state index < -0.39 is 11.9 Å². The number of nitrogens with one attached hydrogen (secondary N) is 1. The summed E-state index contributed by atoms with van der Waals surface area (Å²) in [5, 5.41) is 2.78. The maximum atomic E-state index is 11.4. The summed E-state index contributed by atoms with van der Waals surface area (Å²) in [6.07, 6.45) is 4.73. The van der Waals surface area contributed by atoms with Crippen LogP contribution in [0, 0.1) is 11.8 Å². The van der Waals surface area contributed by atoms with E-state index in [4.69, 9.17) is 0 Å². The lowest BCUT2D eigenvalue weighted by Crippen LogP contribution is -2.42. The molecular weight excluding hydrogens is 194 g/mol. The molecule has 2 aliphatic rings. The number of amides is 1. The van der Waals surface area contributed by atoms with E-state index in [0.29, 0.717) is 5.92 Å². The fraction of sp³-hybridized carbons (Fsp3) is 0.818. The van der Waals surface area contributed by atoms with Gasteiger partial charge in [-0.2, -0.15) is 0 Å². The van der Waals surface area contributed by atoms with Gasteiger partial charge in [0.25, 0.3) is 0 Å². The Morgan fingerprint density at radius 3 is 2.67 bits per heavy atom. The molecule has 4 heteroatoms. The number of carbonyl (C=O) groups excluding carboxylic acids is 2. The highest BCUT2D eigenvalue weighted by atomic mass is 16.5. The molecule has 0 heterocycles. The number of rotatable bonds is 2. The van der Waals surface area contributed by atoms with E-state index in [1.54, 1.807) is 6.92 Å². The minimum Gasteiger partial charge on any atom is -0.459 e. The van der Waals surface area contributed by atoms with Gasteiger partial charge >= 0.3 is 11.9 Å². The molecule has 0 aromatic carbocycles. The lowest BCUT2D eigenvalue weighted by Gasteiger charge is -2.22. The Bertz CT molecular complexity index is 277. The molecule has 2 saturated carbocycles. The molecule has 4 nitrogen and oxygen atoms in total. The monoisotopic (exact) mass is 211 g/mol. The first kappa shape index (κ1) is 10.5. The van der Waals surface area contributed by atoms with Crippen LogP contribution in [0.4, 0.5) is 0 Å². The number of hydrogen-bond acceptors (Lipinski definition) is 3. The molecule has 2 rings (SSSR count). The van der Waals surface area contributed by atoms with Gasteiger partial charge in [0.05, 0.1) is 6.61 Å². The molecule has 2 bridgehead atoms. The second-order valence-electron chi connectivity index (χ2n) is 4.48. The molecule has 0 aliphatic heterocycles. The number of ether oxygens (including phenoxy) is 1.